The van der Waals surface area contributed by atoms with Gasteiger partial charge in [-0.1, -0.05) is 36.4 Å². The SMILES string of the molecule is CC(Oc1ccccc1)C(=O)Nc1ccccc1CO. The molecular weight excluding hydrogens is 254 g/mol. The van der Waals surface area contributed by atoms with Crippen LogP contribution in [0.15, 0.2) is 54.6 Å². The fraction of sp³-hybridized carbons (Fsp3) is 0.188. The van der Waals surface area contributed by atoms with Gasteiger partial charge in [0.25, 0.3) is 5.91 Å². The normalized spacial score (nSPS) is 11.7. The zero-order valence-electron chi connectivity index (χ0n) is 11.2. The molecular formula is C16H17NO3. The van der Waals surface area contributed by atoms with Crippen LogP contribution in [-0.2, 0) is 11.4 Å². The van der Waals surface area contributed by atoms with Gasteiger partial charge in [-0.2, -0.15) is 0 Å². The quantitative estimate of drug-likeness (QED) is 0.878. The van der Waals surface area contributed by atoms with Crippen molar-refractivity contribution in [3.63, 3.8) is 0 Å². The molecule has 1 atom stereocenters. The summed E-state index contributed by atoms with van der Waals surface area (Å²) in [5.74, 6) is 0.389. The Morgan fingerprint density at radius 1 is 1.15 bits per heavy atom. The van der Waals surface area contributed by atoms with Crippen LogP contribution in [0.3, 0.4) is 0 Å². The fourth-order valence-corrected chi connectivity index (χ4v) is 1.77. The first kappa shape index (κ1) is 14.1. The van der Waals surface area contributed by atoms with E-state index in [-0.39, 0.29) is 12.5 Å². The van der Waals surface area contributed by atoms with Gasteiger partial charge in [-0.05, 0) is 25.1 Å². The molecule has 0 saturated heterocycles. The summed E-state index contributed by atoms with van der Waals surface area (Å²) in [7, 11) is 0. The van der Waals surface area contributed by atoms with E-state index >= 15 is 0 Å². The fourth-order valence-electron chi connectivity index (χ4n) is 1.77. The van der Waals surface area contributed by atoms with Gasteiger partial charge in [0.1, 0.15) is 5.75 Å². The highest BCUT2D eigenvalue weighted by Gasteiger charge is 2.15. The number of ether oxygens (including phenoxy) is 1. The molecule has 1 amide bonds. The molecule has 2 aromatic carbocycles. The maximum absolute atomic E-state index is 12.1. The molecule has 0 aliphatic heterocycles. The number of anilines is 1. The van der Waals surface area contributed by atoms with Gasteiger partial charge in [-0.3, -0.25) is 4.79 Å². The molecule has 2 N–H and O–H groups in total. The molecule has 104 valence electrons. The van der Waals surface area contributed by atoms with Gasteiger partial charge in [-0.15, -0.1) is 0 Å². The Labute approximate surface area is 118 Å². The van der Waals surface area contributed by atoms with E-state index in [2.05, 4.69) is 5.32 Å². The van der Waals surface area contributed by atoms with Crippen molar-refractivity contribution in [3.8, 4) is 5.75 Å². The molecule has 4 nitrogen and oxygen atoms in total. The number of carbonyl (C=O) groups excluding carboxylic acids is 1. The van der Waals surface area contributed by atoms with Crippen molar-refractivity contribution in [2.75, 3.05) is 5.32 Å². The highest BCUT2D eigenvalue weighted by molar-refractivity contribution is 5.94. The number of hydrogen-bond donors (Lipinski definition) is 2. The molecule has 0 heterocycles. The minimum Gasteiger partial charge on any atom is -0.481 e. The molecule has 2 rings (SSSR count). The molecule has 4 heteroatoms. The Bertz CT molecular complexity index is 569. The zero-order valence-corrected chi connectivity index (χ0v) is 11.2. The predicted octanol–water partition coefficient (Wildman–Crippen LogP) is 2.58. The summed E-state index contributed by atoms with van der Waals surface area (Å²) in [5.41, 5.74) is 1.27. The Kier molecular flexibility index (Phi) is 4.74. The molecule has 1 unspecified atom stereocenters. The van der Waals surface area contributed by atoms with Gasteiger partial charge in [0.2, 0.25) is 0 Å². The molecule has 0 aliphatic rings. The third kappa shape index (κ3) is 3.59. The van der Waals surface area contributed by atoms with Crippen LogP contribution < -0.4 is 10.1 Å². The smallest absolute Gasteiger partial charge is 0.265 e. The van der Waals surface area contributed by atoms with E-state index in [0.717, 1.165) is 0 Å². The number of aliphatic hydroxyl groups excluding tert-OH is 1. The predicted molar refractivity (Wildman–Crippen MR) is 77.5 cm³/mol. The van der Waals surface area contributed by atoms with Crippen molar-refractivity contribution in [2.24, 2.45) is 0 Å². The third-order valence-corrected chi connectivity index (χ3v) is 2.87. The van der Waals surface area contributed by atoms with Crippen molar-refractivity contribution in [1.82, 2.24) is 0 Å². The number of nitrogens with one attached hydrogen (secondary N) is 1. The Morgan fingerprint density at radius 2 is 1.80 bits per heavy atom. The maximum atomic E-state index is 12.1. The van der Waals surface area contributed by atoms with E-state index in [1.165, 1.54) is 0 Å². The summed E-state index contributed by atoms with van der Waals surface area (Å²) >= 11 is 0. The lowest BCUT2D eigenvalue weighted by atomic mass is 10.2. The van der Waals surface area contributed by atoms with Crippen molar-refractivity contribution in [3.05, 3.63) is 60.2 Å². The van der Waals surface area contributed by atoms with Crippen LogP contribution in [0.2, 0.25) is 0 Å². The van der Waals surface area contributed by atoms with E-state index < -0.39 is 6.10 Å². The lowest BCUT2D eigenvalue weighted by Crippen LogP contribution is -2.30. The Hall–Kier alpha value is -2.33. The van der Waals surface area contributed by atoms with Gasteiger partial charge >= 0.3 is 0 Å². The molecule has 0 aromatic heterocycles. The van der Waals surface area contributed by atoms with Crippen LogP contribution >= 0.6 is 0 Å². The van der Waals surface area contributed by atoms with E-state index in [9.17, 15) is 9.90 Å². The lowest BCUT2D eigenvalue weighted by Gasteiger charge is -2.16. The standard InChI is InChI=1S/C16H17NO3/c1-12(20-14-8-3-2-4-9-14)16(19)17-15-10-6-5-7-13(15)11-18/h2-10,12,18H,11H2,1H3,(H,17,19). The topological polar surface area (TPSA) is 58.6 Å². The number of benzene rings is 2. The first-order valence-electron chi connectivity index (χ1n) is 6.42. The number of rotatable bonds is 5. The number of aliphatic hydroxyl groups is 1. The van der Waals surface area contributed by atoms with Gasteiger partial charge in [0.05, 0.1) is 6.61 Å². The summed E-state index contributed by atoms with van der Waals surface area (Å²) < 4.78 is 5.55. The first-order chi connectivity index (χ1) is 9.70. The van der Waals surface area contributed by atoms with Gasteiger partial charge in [-0.25, -0.2) is 0 Å². The van der Waals surface area contributed by atoms with E-state index in [1.54, 1.807) is 37.3 Å². The third-order valence-electron chi connectivity index (χ3n) is 2.87. The summed E-state index contributed by atoms with van der Waals surface area (Å²) in [6.07, 6.45) is -0.621. The summed E-state index contributed by atoms with van der Waals surface area (Å²) in [6.45, 7) is 1.56. The number of carbonyl (C=O) groups is 1. The van der Waals surface area contributed by atoms with Crippen LogP contribution in [0.5, 0.6) is 5.75 Å². The van der Waals surface area contributed by atoms with Crippen LogP contribution in [-0.4, -0.2) is 17.1 Å². The summed E-state index contributed by atoms with van der Waals surface area (Å²) in [4.78, 5) is 12.1. The average Bonchev–Trinajstić information content (AvgIpc) is 2.48. The second-order valence-corrected chi connectivity index (χ2v) is 4.38. The van der Waals surface area contributed by atoms with E-state index in [1.807, 2.05) is 24.3 Å². The van der Waals surface area contributed by atoms with Crippen molar-refractivity contribution in [2.45, 2.75) is 19.6 Å². The van der Waals surface area contributed by atoms with E-state index in [0.29, 0.717) is 17.0 Å². The van der Waals surface area contributed by atoms with Crippen LogP contribution in [0.4, 0.5) is 5.69 Å². The molecule has 20 heavy (non-hydrogen) atoms. The van der Waals surface area contributed by atoms with Crippen molar-refractivity contribution < 1.29 is 14.6 Å². The largest absolute Gasteiger partial charge is 0.481 e. The molecule has 2 aromatic rings. The molecule has 0 bridgehead atoms. The monoisotopic (exact) mass is 271 g/mol. The van der Waals surface area contributed by atoms with Crippen molar-refractivity contribution >= 4 is 11.6 Å². The second kappa shape index (κ2) is 6.73. The first-order valence-corrected chi connectivity index (χ1v) is 6.42. The maximum Gasteiger partial charge on any atom is 0.265 e. The molecule has 0 saturated carbocycles. The molecule has 0 fully saturated rings. The molecule has 0 aliphatic carbocycles. The highest BCUT2D eigenvalue weighted by atomic mass is 16.5. The van der Waals surface area contributed by atoms with E-state index in [4.69, 9.17) is 4.74 Å². The number of amides is 1. The van der Waals surface area contributed by atoms with Crippen LogP contribution in [0.25, 0.3) is 0 Å². The highest BCUT2D eigenvalue weighted by Crippen LogP contribution is 2.16. The number of hydrogen-bond acceptors (Lipinski definition) is 3. The molecule has 0 spiro atoms. The molecule has 0 radical (unpaired) electrons. The van der Waals surface area contributed by atoms with Gasteiger partial charge in [0.15, 0.2) is 6.10 Å². The van der Waals surface area contributed by atoms with Crippen molar-refractivity contribution in [1.29, 1.82) is 0 Å². The van der Waals surface area contributed by atoms with Gasteiger partial charge < -0.3 is 15.2 Å². The number of para-hydroxylation sites is 2. The minimum absolute atomic E-state index is 0.121. The second-order valence-electron chi connectivity index (χ2n) is 4.38. The zero-order chi connectivity index (χ0) is 14.4. The average molecular weight is 271 g/mol. The summed E-state index contributed by atoms with van der Waals surface area (Å²) in [5, 5.41) is 12.0. The van der Waals surface area contributed by atoms with Crippen LogP contribution in [0.1, 0.15) is 12.5 Å². The van der Waals surface area contributed by atoms with Crippen LogP contribution in [0, 0.1) is 0 Å². The minimum atomic E-state index is -0.621. The Balaban J connectivity index is 2.01. The lowest BCUT2D eigenvalue weighted by molar-refractivity contribution is -0.122. The summed E-state index contributed by atoms with van der Waals surface area (Å²) in [6, 6.07) is 16.3. The Morgan fingerprint density at radius 3 is 2.50 bits per heavy atom. The van der Waals surface area contributed by atoms with Gasteiger partial charge in [0, 0.05) is 11.3 Å².